The summed E-state index contributed by atoms with van der Waals surface area (Å²) in [4.78, 5) is 22.6. The van der Waals surface area contributed by atoms with Gasteiger partial charge in [-0.25, -0.2) is 4.98 Å². The number of carbonyl (C=O) groups is 1. The number of para-hydroxylation sites is 2. The van der Waals surface area contributed by atoms with E-state index >= 15 is 0 Å². The molecular formula is C28H37N5O3S. The first-order valence-electron chi connectivity index (χ1n) is 13.4. The third-order valence-corrected chi connectivity index (χ3v) is 7.90. The fraction of sp³-hybridized carbons (Fsp3) is 0.500. The number of carbonyl (C=O) groups excluding carboxylic acids is 1. The first-order chi connectivity index (χ1) is 18.2. The quantitative estimate of drug-likeness (QED) is 0.359. The van der Waals surface area contributed by atoms with Gasteiger partial charge in [0, 0.05) is 50.8 Å². The molecule has 0 aliphatic carbocycles. The Morgan fingerprint density at radius 1 is 1.00 bits per heavy atom. The summed E-state index contributed by atoms with van der Waals surface area (Å²) < 4.78 is 14.1. The van der Waals surface area contributed by atoms with E-state index in [0.717, 1.165) is 99.5 Å². The molecule has 0 spiro atoms. The summed E-state index contributed by atoms with van der Waals surface area (Å²) in [5.41, 5.74) is 3.14. The number of nitrogens with one attached hydrogen (secondary N) is 1. The van der Waals surface area contributed by atoms with Gasteiger partial charge in [0.2, 0.25) is 5.91 Å². The van der Waals surface area contributed by atoms with Crippen LogP contribution in [-0.2, 0) is 22.6 Å². The molecular weight excluding hydrogens is 486 g/mol. The van der Waals surface area contributed by atoms with Crippen molar-refractivity contribution in [3.63, 3.8) is 0 Å². The number of rotatable bonds is 12. The minimum atomic E-state index is 0.0573. The van der Waals surface area contributed by atoms with Crippen LogP contribution in [0.2, 0.25) is 0 Å². The van der Waals surface area contributed by atoms with Gasteiger partial charge in [0.15, 0.2) is 0 Å². The van der Waals surface area contributed by atoms with Crippen molar-refractivity contribution in [3.05, 3.63) is 48.3 Å². The number of nitrogens with zero attached hydrogens (tertiary/aromatic N) is 4. The number of anilines is 1. The van der Waals surface area contributed by atoms with Crippen LogP contribution in [0.3, 0.4) is 0 Å². The minimum Gasteiger partial charge on any atom is -0.494 e. The molecule has 198 valence electrons. The van der Waals surface area contributed by atoms with E-state index < -0.39 is 0 Å². The maximum atomic E-state index is 11.5. The molecule has 5 rings (SSSR count). The van der Waals surface area contributed by atoms with Gasteiger partial charge < -0.3 is 24.3 Å². The molecule has 0 radical (unpaired) electrons. The van der Waals surface area contributed by atoms with Crippen LogP contribution in [0, 0.1) is 0 Å². The van der Waals surface area contributed by atoms with Crippen molar-refractivity contribution < 1.29 is 14.3 Å². The monoisotopic (exact) mass is 523 g/mol. The zero-order valence-electron chi connectivity index (χ0n) is 21.7. The number of thioether (sulfide) groups is 1. The fourth-order valence-corrected chi connectivity index (χ4v) is 5.72. The van der Waals surface area contributed by atoms with E-state index in [1.54, 1.807) is 11.8 Å². The minimum absolute atomic E-state index is 0.0573. The molecule has 2 aliphatic heterocycles. The maximum absolute atomic E-state index is 11.5. The topological polar surface area (TPSA) is 71.9 Å². The van der Waals surface area contributed by atoms with Gasteiger partial charge in [-0.15, -0.1) is 11.8 Å². The van der Waals surface area contributed by atoms with Gasteiger partial charge in [0.1, 0.15) is 11.6 Å². The Kier molecular flexibility index (Phi) is 8.99. The number of hydrogen-bond donors (Lipinski definition) is 1. The molecule has 3 aromatic rings. The van der Waals surface area contributed by atoms with Gasteiger partial charge in [0.05, 0.1) is 42.2 Å². The average molecular weight is 524 g/mol. The smallest absolute Gasteiger partial charge is 0.234 e. The number of imidazole rings is 1. The number of piperazine rings is 1. The van der Waals surface area contributed by atoms with E-state index in [4.69, 9.17) is 14.5 Å². The van der Waals surface area contributed by atoms with E-state index in [2.05, 4.69) is 50.9 Å². The normalized spacial score (nSPS) is 16.6. The molecule has 37 heavy (non-hydrogen) atoms. The molecule has 1 saturated heterocycles. The lowest BCUT2D eigenvalue weighted by Gasteiger charge is -2.34. The number of hydrogen-bond acceptors (Lipinski definition) is 7. The van der Waals surface area contributed by atoms with Gasteiger partial charge in [-0.05, 0) is 43.2 Å². The van der Waals surface area contributed by atoms with Crippen molar-refractivity contribution >= 4 is 34.4 Å². The largest absolute Gasteiger partial charge is 0.494 e. The highest BCUT2D eigenvalue weighted by molar-refractivity contribution is 8.00. The third kappa shape index (κ3) is 6.84. The highest BCUT2D eigenvalue weighted by atomic mass is 32.2. The van der Waals surface area contributed by atoms with Crippen LogP contribution in [0.25, 0.3) is 11.0 Å². The number of aromatic nitrogens is 2. The van der Waals surface area contributed by atoms with Crippen molar-refractivity contribution in [1.82, 2.24) is 19.4 Å². The van der Waals surface area contributed by atoms with Gasteiger partial charge in [-0.1, -0.05) is 19.1 Å². The Morgan fingerprint density at radius 2 is 1.84 bits per heavy atom. The summed E-state index contributed by atoms with van der Waals surface area (Å²) in [6, 6.07) is 14.3. The summed E-state index contributed by atoms with van der Waals surface area (Å²) in [6.07, 6.45) is 2.04. The Hall–Kier alpha value is -2.59. The lowest BCUT2D eigenvalue weighted by Crippen LogP contribution is -2.46. The molecule has 0 bridgehead atoms. The van der Waals surface area contributed by atoms with Gasteiger partial charge in [-0.2, -0.15) is 0 Å². The van der Waals surface area contributed by atoms with Crippen molar-refractivity contribution in [1.29, 1.82) is 0 Å². The molecule has 1 aromatic heterocycles. The SMILES string of the molecule is CCCOCCn1c(CN2CCN(CCCOc3ccc4c(c3)SCC(=O)N4)CC2)nc2ccccc21. The summed E-state index contributed by atoms with van der Waals surface area (Å²) in [7, 11) is 0. The summed E-state index contributed by atoms with van der Waals surface area (Å²) in [6.45, 7) is 11.3. The molecule has 1 N–H and O–H groups in total. The standard InChI is InChI=1S/C28H37N5O3S/c1-2-16-35-18-15-33-25-7-4-3-6-23(25)29-27(33)20-32-13-11-31(12-14-32)10-5-17-36-22-8-9-24-26(19-22)37-21-28(34)30-24/h3-4,6-9,19H,2,5,10-18,20-21H2,1H3,(H,30,34). The highest BCUT2D eigenvalue weighted by Crippen LogP contribution is 2.34. The number of amides is 1. The molecule has 8 nitrogen and oxygen atoms in total. The zero-order valence-corrected chi connectivity index (χ0v) is 22.5. The van der Waals surface area contributed by atoms with Crippen molar-refractivity contribution in [2.45, 2.75) is 37.8 Å². The van der Waals surface area contributed by atoms with Crippen LogP contribution in [0.15, 0.2) is 47.4 Å². The van der Waals surface area contributed by atoms with Gasteiger partial charge in [-0.3, -0.25) is 9.69 Å². The Morgan fingerprint density at radius 3 is 2.70 bits per heavy atom. The average Bonchev–Trinajstić information content (AvgIpc) is 3.27. The van der Waals surface area contributed by atoms with E-state index in [1.807, 2.05) is 18.2 Å². The van der Waals surface area contributed by atoms with E-state index in [0.29, 0.717) is 12.4 Å². The molecule has 0 saturated carbocycles. The Bertz CT molecular complexity index is 1190. The molecule has 0 atom stereocenters. The molecule has 2 aliphatic rings. The van der Waals surface area contributed by atoms with Crippen molar-refractivity contribution in [2.75, 3.05) is 63.6 Å². The molecule has 1 amide bonds. The van der Waals surface area contributed by atoms with Crippen molar-refractivity contribution in [2.24, 2.45) is 0 Å². The lowest BCUT2D eigenvalue weighted by atomic mass is 10.2. The molecule has 2 aromatic carbocycles. The van der Waals surface area contributed by atoms with Gasteiger partial charge in [0.25, 0.3) is 0 Å². The maximum Gasteiger partial charge on any atom is 0.234 e. The highest BCUT2D eigenvalue weighted by Gasteiger charge is 2.20. The molecule has 1 fully saturated rings. The Labute approximate surface area is 223 Å². The second-order valence-electron chi connectivity index (χ2n) is 9.60. The second kappa shape index (κ2) is 12.8. The van der Waals surface area contributed by atoms with Crippen LogP contribution in [0.4, 0.5) is 5.69 Å². The van der Waals surface area contributed by atoms with E-state index in [9.17, 15) is 4.79 Å². The van der Waals surface area contributed by atoms with Crippen LogP contribution >= 0.6 is 11.8 Å². The summed E-state index contributed by atoms with van der Waals surface area (Å²) in [5.74, 6) is 2.52. The Balaban J connectivity index is 1.06. The van der Waals surface area contributed by atoms with E-state index in [-0.39, 0.29) is 5.91 Å². The second-order valence-corrected chi connectivity index (χ2v) is 10.6. The lowest BCUT2D eigenvalue weighted by molar-refractivity contribution is -0.113. The molecule has 0 unspecified atom stereocenters. The van der Waals surface area contributed by atoms with Crippen molar-refractivity contribution in [3.8, 4) is 5.75 Å². The summed E-state index contributed by atoms with van der Waals surface area (Å²) >= 11 is 1.56. The third-order valence-electron chi connectivity index (χ3n) is 6.84. The first-order valence-corrected chi connectivity index (χ1v) is 14.3. The number of benzene rings is 2. The summed E-state index contributed by atoms with van der Waals surface area (Å²) in [5, 5.41) is 2.90. The predicted molar refractivity (Wildman–Crippen MR) is 148 cm³/mol. The van der Waals surface area contributed by atoms with Crippen LogP contribution < -0.4 is 10.1 Å². The number of fused-ring (bicyclic) bond motifs is 2. The molecule has 9 heteroatoms. The zero-order chi connectivity index (χ0) is 25.5. The number of ether oxygens (including phenoxy) is 2. The first kappa shape index (κ1) is 26.0. The fourth-order valence-electron chi connectivity index (χ4n) is 4.89. The van der Waals surface area contributed by atoms with Crippen LogP contribution in [0.1, 0.15) is 25.6 Å². The van der Waals surface area contributed by atoms with E-state index in [1.165, 1.54) is 5.52 Å². The van der Waals surface area contributed by atoms with Crippen LogP contribution in [-0.4, -0.2) is 83.6 Å². The predicted octanol–water partition coefficient (Wildman–Crippen LogP) is 4.09. The molecule has 3 heterocycles. The van der Waals surface area contributed by atoms with Crippen LogP contribution in [0.5, 0.6) is 5.75 Å². The van der Waals surface area contributed by atoms with Gasteiger partial charge >= 0.3 is 0 Å².